The maximum Gasteiger partial charge on any atom is 0.271 e. The molecule has 0 aliphatic carbocycles. The summed E-state index contributed by atoms with van der Waals surface area (Å²) < 4.78 is 18.6. The van der Waals surface area contributed by atoms with Crippen LogP contribution < -0.4 is 10.1 Å². The van der Waals surface area contributed by atoms with Gasteiger partial charge in [-0.05, 0) is 47.5 Å². The van der Waals surface area contributed by atoms with E-state index in [9.17, 15) is 24.6 Å². The van der Waals surface area contributed by atoms with Crippen molar-refractivity contribution < 1.29 is 18.8 Å². The molecule has 1 N–H and O–H groups in total. The number of hydrogen-bond donors (Lipinski definition) is 1. The van der Waals surface area contributed by atoms with E-state index in [1.54, 1.807) is 36.4 Å². The Morgan fingerprint density at radius 3 is 2.48 bits per heavy atom. The number of non-ortho nitro benzene ring substituents is 1. The van der Waals surface area contributed by atoms with Crippen LogP contribution in [0, 0.1) is 27.3 Å². The van der Waals surface area contributed by atoms with Gasteiger partial charge in [0.2, 0.25) is 0 Å². The number of carbonyl (C=O) groups is 1. The van der Waals surface area contributed by atoms with Gasteiger partial charge in [-0.2, -0.15) is 5.26 Å². The number of rotatable bonds is 7. The number of nitriles is 1. The molecule has 0 saturated heterocycles. The number of nitrogens with zero attached hydrogens (tertiary/aromatic N) is 2. The largest absolute Gasteiger partial charge is 0.489 e. The molecule has 0 heterocycles. The van der Waals surface area contributed by atoms with Crippen molar-refractivity contribution >= 4 is 23.4 Å². The molecule has 7 nitrogen and oxygen atoms in total. The molecule has 0 atom stereocenters. The molecule has 1 amide bonds. The van der Waals surface area contributed by atoms with Crippen LogP contribution in [0.5, 0.6) is 5.75 Å². The zero-order valence-corrected chi connectivity index (χ0v) is 16.1. The number of nitro groups is 1. The number of benzene rings is 3. The number of nitrogens with one attached hydrogen (secondary N) is 1. The van der Waals surface area contributed by atoms with E-state index in [-0.39, 0.29) is 29.4 Å². The molecular weight excluding hydrogens is 401 g/mol. The average Bonchev–Trinajstić information content (AvgIpc) is 2.78. The summed E-state index contributed by atoms with van der Waals surface area (Å²) >= 11 is 0. The van der Waals surface area contributed by atoms with E-state index in [4.69, 9.17) is 4.74 Å². The summed E-state index contributed by atoms with van der Waals surface area (Å²) in [6.07, 6.45) is 1.40. The predicted octanol–water partition coefficient (Wildman–Crippen LogP) is 4.86. The van der Waals surface area contributed by atoms with Crippen LogP contribution >= 0.6 is 0 Å². The summed E-state index contributed by atoms with van der Waals surface area (Å²) in [7, 11) is 0. The van der Waals surface area contributed by atoms with Crippen molar-refractivity contribution in [3.8, 4) is 11.8 Å². The van der Waals surface area contributed by atoms with Crippen molar-refractivity contribution in [2.45, 2.75) is 6.61 Å². The zero-order chi connectivity index (χ0) is 22.2. The van der Waals surface area contributed by atoms with Gasteiger partial charge in [0.05, 0.1) is 4.92 Å². The number of hydrogen-bond acceptors (Lipinski definition) is 5. The standard InChI is InChI=1S/C23H16FN3O4/c24-19-8-4-17(5-9-19)15-31-22-10-6-16(7-11-22)12-18(14-25)23(28)26-20-2-1-3-21(13-20)27(29)30/h1-13H,15H2,(H,26,28)/b18-12+. The highest BCUT2D eigenvalue weighted by Gasteiger charge is 2.12. The van der Waals surface area contributed by atoms with Crippen LogP contribution in [0.1, 0.15) is 11.1 Å². The van der Waals surface area contributed by atoms with Crippen LogP contribution in [0.3, 0.4) is 0 Å². The van der Waals surface area contributed by atoms with Crippen molar-refractivity contribution in [2.24, 2.45) is 0 Å². The van der Waals surface area contributed by atoms with Gasteiger partial charge < -0.3 is 10.1 Å². The quantitative estimate of drug-likeness (QED) is 0.256. The van der Waals surface area contributed by atoms with E-state index in [1.807, 2.05) is 6.07 Å². The molecule has 3 aromatic carbocycles. The first-order valence-corrected chi connectivity index (χ1v) is 9.09. The minimum absolute atomic E-state index is 0.161. The number of anilines is 1. The molecule has 3 rings (SSSR count). The van der Waals surface area contributed by atoms with Gasteiger partial charge in [0.15, 0.2) is 0 Å². The number of halogens is 1. The van der Waals surface area contributed by atoms with E-state index in [2.05, 4.69) is 5.32 Å². The first-order chi connectivity index (χ1) is 14.9. The average molecular weight is 417 g/mol. The van der Waals surface area contributed by atoms with E-state index >= 15 is 0 Å². The van der Waals surface area contributed by atoms with Gasteiger partial charge in [-0.1, -0.05) is 30.3 Å². The first-order valence-electron chi connectivity index (χ1n) is 9.09. The Morgan fingerprint density at radius 2 is 1.84 bits per heavy atom. The van der Waals surface area contributed by atoms with Crippen LogP contribution in [0.2, 0.25) is 0 Å². The number of carbonyl (C=O) groups excluding carboxylic acids is 1. The summed E-state index contributed by atoms with van der Waals surface area (Å²) in [6.45, 7) is 0.268. The highest BCUT2D eigenvalue weighted by Crippen LogP contribution is 2.19. The molecule has 0 fully saturated rings. The van der Waals surface area contributed by atoms with E-state index in [0.717, 1.165) is 5.56 Å². The SMILES string of the molecule is N#C/C(=C\c1ccc(OCc2ccc(F)cc2)cc1)C(=O)Nc1cccc([N+](=O)[O-])c1. The van der Waals surface area contributed by atoms with Crippen molar-refractivity contribution in [2.75, 3.05) is 5.32 Å². The summed E-state index contributed by atoms with van der Waals surface area (Å²) in [6, 6.07) is 20.0. The van der Waals surface area contributed by atoms with E-state index in [1.165, 1.54) is 42.5 Å². The van der Waals surface area contributed by atoms with Crippen molar-refractivity contribution in [1.82, 2.24) is 0 Å². The topological polar surface area (TPSA) is 105 Å². The van der Waals surface area contributed by atoms with Crippen LogP contribution in [-0.2, 0) is 11.4 Å². The zero-order valence-electron chi connectivity index (χ0n) is 16.1. The Bertz CT molecular complexity index is 1170. The third-order valence-corrected chi connectivity index (χ3v) is 4.19. The van der Waals surface area contributed by atoms with Gasteiger partial charge in [-0.15, -0.1) is 0 Å². The Hall–Kier alpha value is -4.51. The highest BCUT2D eigenvalue weighted by atomic mass is 19.1. The van der Waals surface area contributed by atoms with Gasteiger partial charge in [0, 0.05) is 17.8 Å². The van der Waals surface area contributed by atoms with Gasteiger partial charge >= 0.3 is 0 Å². The number of nitro benzene ring substituents is 1. The number of ether oxygens (including phenoxy) is 1. The molecule has 3 aromatic rings. The monoisotopic (exact) mass is 417 g/mol. The van der Waals surface area contributed by atoms with E-state index in [0.29, 0.717) is 11.3 Å². The van der Waals surface area contributed by atoms with Crippen molar-refractivity contribution in [1.29, 1.82) is 5.26 Å². The van der Waals surface area contributed by atoms with Gasteiger partial charge in [0.1, 0.15) is 29.8 Å². The van der Waals surface area contributed by atoms with Crippen molar-refractivity contribution in [3.05, 3.63) is 105 Å². The molecule has 0 aromatic heterocycles. The molecule has 0 saturated carbocycles. The lowest BCUT2D eigenvalue weighted by atomic mass is 10.1. The van der Waals surface area contributed by atoms with Crippen LogP contribution in [0.25, 0.3) is 6.08 Å². The minimum Gasteiger partial charge on any atom is -0.489 e. The Kier molecular flexibility index (Phi) is 6.71. The number of amides is 1. The fourth-order valence-electron chi connectivity index (χ4n) is 2.62. The second-order valence-corrected chi connectivity index (χ2v) is 6.42. The van der Waals surface area contributed by atoms with Crippen LogP contribution in [0.15, 0.2) is 78.4 Å². The van der Waals surface area contributed by atoms with Crippen LogP contribution in [0.4, 0.5) is 15.8 Å². The molecule has 8 heteroatoms. The summed E-state index contributed by atoms with van der Waals surface area (Å²) in [4.78, 5) is 22.6. The molecule has 0 bridgehead atoms. The maximum absolute atomic E-state index is 12.9. The maximum atomic E-state index is 12.9. The fourth-order valence-corrected chi connectivity index (χ4v) is 2.62. The van der Waals surface area contributed by atoms with E-state index < -0.39 is 10.8 Å². The third-order valence-electron chi connectivity index (χ3n) is 4.19. The lowest BCUT2D eigenvalue weighted by Crippen LogP contribution is -2.13. The molecule has 0 spiro atoms. The molecule has 0 unspecified atom stereocenters. The molecular formula is C23H16FN3O4. The normalized spacial score (nSPS) is 10.8. The highest BCUT2D eigenvalue weighted by molar-refractivity contribution is 6.09. The molecule has 0 aliphatic heterocycles. The minimum atomic E-state index is -0.681. The Balaban J connectivity index is 1.65. The Morgan fingerprint density at radius 1 is 1.13 bits per heavy atom. The fraction of sp³-hybridized carbons (Fsp3) is 0.0435. The summed E-state index contributed by atoms with van der Waals surface area (Å²) in [5, 5.41) is 22.6. The Labute approximate surface area is 177 Å². The smallest absolute Gasteiger partial charge is 0.271 e. The summed E-state index contributed by atoms with van der Waals surface area (Å²) in [5.41, 5.74) is 1.29. The molecule has 0 aliphatic rings. The summed E-state index contributed by atoms with van der Waals surface area (Å²) in [5.74, 6) is -0.427. The molecule has 154 valence electrons. The van der Waals surface area contributed by atoms with Gasteiger partial charge in [0.25, 0.3) is 11.6 Å². The van der Waals surface area contributed by atoms with Crippen LogP contribution in [-0.4, -0.2) is 10.8 Å². The van der Waals surface area contributed by atoms with Gasteiger partial charge in [-0.25, -0.2) is 4.39 Å². The molecule has 31 heavy (non-hydrogen) atoms. The van der Waals surface area contributed by atoms with Gasteiger partial charge in [-0.3, -0.25) is 14.9 Å². The molecule has 0 radical (unpaired) electrons. The predicted molar refractivity (Wildman–Crippen MR) is 112 cm³/mol. The second kappa shape index (κ2) is 9.80. The third kappa shape index (κ3) is 5.98. The van der Waals surface area contributed by atoms with Crippen molar-refractivity contribution in [3.63, 3.8) is 0 Å². The first kappa shape index (κ1) is 21.2. The second-order valence-electron chi connectivity index (χ2n) is 6.42. The lowest BCUT2D eigenvalue weighted by Gasteiger charge is -2.07. The lowest BCUT2D eigenvalue weighted by molar-refractivity contribution is -0.384.